The third kappa shape index (κ3) is 2.95. The Balaban J connectivity index is 2.00. The Bertz CT molecular complexity index is 877. The van der Waals surface area contributed by atoms with Crippen LogP contribution in [0.25, 0.3) is 6.08 Å². The van der Waals surface area contributed by atoms with Crippen LogP contribution in [0.1, 0.15) is 21.5 Å². The monoisotopic (exact) mass is 321 g/mol. The van der Waals surface area contributed by atoms with Crippen LogP contribution in [0.5, 0.6) is 17.2 Å². The molecule has 2 aromatic carbocycles. The smallest absolute Gasteiger partial charge is 0.231 e. The van der Waals surface area contributed by atoms with Crippen molar-refractivity contribution in [1.29, 1.82) is 5.26 Å². The number of hydrogen-bond acceptors (Lipinski definition) is 5. The van der Waals surface area contributed by atoms with E-state index in [0.29, 0.717) is 28.4 Å². The lowest BCUT2D eigenvalue weighted by Gasteiger charge is -2.06. The van der Waals surface area contributed by atoms with Crippen molar-refractivity contribution in [2.75, 3.05) is 13.9 Å². The number of carbonyl (C=O) groups excluding carboxylic acids is 1. The van der Waals surface area contributed by atoms with Crippen LogP contribution >= 0.6 is 0 Å². The van der Waals surface area contributed by atoms with E-state index >= 15 is 0 Å². The molecule has 1 aliphatic rings. The first-order valence-electron chi connectivity index (χ1n) is 7.33. The number of fused-ring (bicyclic) bond motifs is 1. The molecule has 5 heteroatoms. The van der Waals surface area contributed by atoms with Gasteiger partial charge in [-0.15, -0.1) is 0 Å². The average Bonchev–Trinajstić information content (AvgIpc) is 3.06. The molecule has 1 aliphatic heterocycles. The topological polar surface area (TPSA) is 68.5 Å². The van der Waals surface area contributed by atoms with E-state index in [1.807, 2.05) is 19.1 Å². The zero-order valence-corrected chi connectivity index (χ0v) is 13.3. The molecule has 120 valence electrons. The molecule has 0 unspecified atom stereocenters. The van der Waals surface area contributed by atoms with Crippen LogP contribution < -0.4 is 14.2 Å². The van der Waals surface area contributed by atoms with Crippen molar-refractivity contribution in [2.24, 2.45) is 0 Å². The average molecular weight is 321 g/mol. The highest BCUT2D eigenvalue weighted by atomic mass is 16.7. The molecule has 0 fully saturated rings. The van der Waals surface area contributed by atoms with Gasteiger partial charge >= 0.3 is 0 Å². The number of aryl methyl sites for hydroxylation is 1. The second kappa shape index (κ2) is 6.47. The van der Waals surface area contributed by atoms with Gasteiger partial charge in [-0.25, -0.2) is 0 Å². The predicted octanol–water partition coefficient (Wildman–Crippen LogP) is 3.52. The summed E-state index contributed by atoms with van der Waals surface area (Å²) in [5.74, 6) is 1.23. The lowest BCUT2D eigenvalue weighted by Crippen LogP contribution is -2.02. The zero-order chi connectivity index (χ0) is 17.1. The van der Waals surface area contributed by atoms with Crippen molar-refractivity contribution < 1.29 is 19.0 Å². The van der Waals surface area contributed by atoms with Crippen LogP contribution in [-0.4, -0.2) is 19.7 Å². The highest BCUT2D eigenvalue weighted by Crippen LogP contribution is 2.42. The highest BCUT2D eigenvalue weighted by molar-refractivity contribution is 6.14. The molecule has 0 N–H and O–H groups in total. The number of ketones is 1. The molecule has 0 saturated heterocycles. The summed E-state index contributed by atoms with van der Waals surface area (Å²) in [7, 11) is 1.52. The van der Waals surface area contributed by atoms with Gasteiger partial charge in [-0.05, 0) is 36.8 Å². The second-order valence-electron chi connectivity index (χ2n) is 5.33. The normalized spacial score (nSPS) is 12.6. The van der Waals surface area contributed by atoms with E-state index in [9.17, 15) is 10.1 Å². The van der Waals surface area contributed by atoms with Gasteiger partial charge in [-0.3, -0.25) is 4.79 Å². The first-order valence-corrected chi connectivity index (χ1v) is 7.33. The molecule has 0 atom stereocenters. The molecular weight excluding hydrogens is 306 g/mol. The summed E-state index contributed by atoms with van der Waals surface area (Å²) in [5.41, 5.74) is 2.12. The van der Waals surface area contributed by atoms with Gasteiger partial charge in [0.1, 0.15) is 11.6 Å². The number of hydrogen-bond donors (Lipinski definition) is 0. The number of carbonyl (C=O) groups is 1. The van der Waals surface area contributed by atoms with Crippen LogP contribution in [-0.2, 0) is 0 Å². The number of ether oxygens (including phenoxy) is 3. The van der Waals surface area contributed by atoms with Crippen LogP contribution in [0.3, 0.4) is 0 Å². The minimum Gasteiger partial charge on any atom is -0.493 e. The van der Waals surface area contributed by atoms with Gasteiger partial charge in [-0.2, -0.15) is 5.26 Å². The largest absolute Gasteiger partial charge is 0.493 e. The quantitative estimate of drug-likeness (QED) is 0.489. The molecule has 2 aromatic rings. The summed E-state index contributed by atoms with van der Waals surface area (Å²) in [4.78, 5) is 12.5. The third-order valence-corrected chi connectivity index (χ3v) is 3.64. The van der Waals surface area contributed by atoms with Crippen molar-refractivity contribution in [1.82, 2.24) is 0 Å². The minimum absolute atomic E-state index is 0.0431. The number of rotatable bonds is 4. The fourth-order valence-corrected chi connectivity index (χ4v) is 2.49. The maximum absolute atomic E-state index is 12.5. The minimum atomic E-state index is -0.321. The van der Waals surface area contributed by atoms with E-state index in [2.05, 4.69) is 0 Å². The van der Waals surface area contributed by atoms with Gasteiger partial charge in [0.05, 0.1) is 7.11 Å². The van der Waals surface area contributed by atoms with Crippen LogP contribution in [0.2, 0.25) is 0 Å². The summed E-state index contributed by atoms with van der Waals surface area (Å²) >= 11 is 0. The van der Waals surface area contributed by atoms with Crippen LogP contribution in [0.4, 0.5) is 0 Å². The lowest BCUT2D eigenvalue weighted by molar-refractivity contribution is 0.104. The molecule has 5 nitrogen and oxygen atoms in total. The molecular formula is C19H15NO4. The summed E-state index contributed by atoms with van der Waals surface area (Å²) < 4.78 is 16.0. The fraction of sp³-hybridized carbons (Fsp3) is 0.158. The van der Waals surface area contributed by atoms with Crippen molar-refractivity contribution in [3.63, 3.8) is 0 Å². The molecule has 24 heavy (non-hydrogen) atoms. The molecule has 0 spiro atoms. The summed E-state index contributed by atoms with van der Waals surface area (Å²) in [6.07, 6.45) is 1.52. The van der Waals surface area contributed by atoms with E-state index in [-0.39, 0.29) is 18.1 Å². The number of nitriles is 1. The first-order chi connectivity index (χ1) is 11.6. The lowest BCUT2D eigenvalue weighted by atomic mass is 10.0. The standard InChI is InChI=1S/C19H15NO4/c1-12-4-3-5-14(6-12)18(21)15(10-20)7-13-8-16(22-2)19-17(9-13)23-11-24-19/h3-9H,11H2,1-2H3/b15-7+. The number of nitrogens with zero attached hydrogens (tertiary/aromatic N) is 1. The third-order valence-electron chi connectivity index (χ3n) is 3.64. The van der Waals surface area contributed by atoms with Crippen LogP contribution in [0, 0.1) is 18.3 Å². The van der Waals surface area contributed by atoms with Gasteiger partial charge in [0.25, 0.3) is 0 Å². The van der Waals surface area contributed by atoms with Gasteiger partial charge in [-0.1, -0.05) is 23.8 Å². The molecule has 3 rings (SSSR count). The highest BCUT2D eigenvalue weighted by Gasteiger charge is 2.20. The number of methoxy groups -OCH3 is 1. The van der Waals surface area contributed by atoms with E-state index in [4.69, 9.17) is 14.2 Å². The molecule has 0 aliphatic carbocycles. The van der Waals surface area contributed by atoms with E-state index < -0.39 is 0 Å². The summed E-state index contributed by atoms with van der Waals surface area (Å²) in [6.45, 7) is 2.02. The number of benzene rings is 2. The van der Waals surface area contributed by atoms with Gasteiger partial charge in [0, 0.05) is 5.56 Å². The Morgan fingerprint density at radius 3 is 2.83 bits per heavy atom. The Morgan fingerprint density at radius 1 is 1.29 bits per heavy atom. The Morgan fingerprint density at radius 2 is 2.12 bits per heavy atom. The second-order valence-corrected chi connectivity index (χ2v) is 5.33. The van der Waals surface area contributed by atoms with Crippen molar-refractivity contribution in [3.8, 4) is 23.3 Å². The van der Waals surface area contributed by atoms with Gasteiger partial charge in [0.15, 0.2) is 11.5 Å². The zero-order valence-electron chi connectivity index (χ0n) is 13.3. The van der Waals surface area contributed by atoms with Gasteiger partial charge in [0.2, 0.25) is 18.3 Å². The maximum atomic E-state index is 12.5. The molecule has 0 amide bonds. The van der Waals surface area contributed by atoms with Gasteiger partial charge < -0.3 is 14.2 Å². The van der Waals surface area contributed by atoms with Crippen molar-refractivity contribution in [2.45, 2.75) is 6.92 Å². The summed E-state index contributed by atoms with van der Waals surface area (Å²) in [6, 6.07) is 12.5. The number of Topliss-reactive ketones (excluding diaryl/α,β-unsaturated/α-hetero) is 1. The molecule has 1 heterocycles. The van der Waals surface area contributed by atoms with E-state index in [1.54, 1.807) is 30.3 Å². The van der Waals surface area contributed by atoms with Crippen molar-refractivity contribution in [3.05, 3.63) is 58.7 Å². The Kier molecular flexibility index (Phi) is 4.21. The van der Waals surface area contributed by atoms with Crippen molar-refractivity contribution >= 4 is 11.9 Å². The number of allylic oxidation sites excluding steroid dienone is 1. The van der Waals surface area contributed by atoms with E-state index in [1.165, 1.54) is 13.2 Å². The Labute approximate surface area is 139 Å². The molecule has 0 bridgehead atoms. The SMILES string of the molecule is COc1cc(/C=C(\C#N)C(=O)c2cccc(C)c2)cc2c1OCO2. The van der Waals surface area contributed by atoms with Crippen LogP contribution in [0.15, 0.2) is 42.0 Å². The van der Waals surface area contributed by atoms with E-state index in [0.717, 1.165) is 5.56 Å². The summed E-state index contributed by atoms with van der Waals surface area (Å²) in [5, 5.41) is 9.38. The fourth-order valence-electron chi connectivity index (χ4n) is 2.49. The first kappa shape index (κ1) is 15.6. The molecule has 0 saturated carbocycles. The molecule has 0 radical (unpaired) electrons. The molecule has 0 aromatic heterocycles. The predicted molar refractivity (Wildman–Crippen MR) is 88.2 cm³/mol. The Hall–Kier alpha value is -3.26. The maximum Gasteiger partial charge on any atom is 0.231 e.